The van der Waals surface area contributed by atoms with Crippen LogP contribution in [0.3, 0.4) is 0 Å². The topological polar surface area (TPSA) is 65.2 Å². The number of aromatic nitrogens is 1. The molecular formula is C8H11ClN2O2S. The molecule has 6 heteroatoms. The molecule has 0 radical (unpaired) electrons. The minimum atomic E-state index is -0.655. The molecule has 78 valence electrons. The summed E-state index contributed by atoms with van der Waals surface area (Å²) in [4.78, 5) is 15.1. The summed E-state index contributed by atoms with van der Waals surface area (Å²) in [6.07, 6.45) is 1.91. The lowest BCUT2D eigenvalue weighted by molar-refractivity contribution is -0.144. The summed E-state index contributed by atoms with van der Waals surface area (Å²) >= 11 is 7.00. The van der Waals surface area contributed by atoms with Crippen LogP contribution >= 0.6 is 22.9 Å². The van der Waals surface area contributed by atoms with Crippen molar-refractivity contribution in [2.24, 2.45) is 5.73 Å². The van der Waals surface area contributed by atoms with Crippen molar-refractivity contribution in [3.63, 3.8) is 0 Å². The van der Waals surface area contributed by atoms with Crippen LogP contribution in [0.5, 0.6) is 0 Å². The van der Waals surface area contributed by atoms with Crippen molar-refractivity contribution < 1.29 is 9.53 Å². The lowest BCUT2D eigenvalue weighted by Crippen LogP contribution is -2.34. The van der Waals surface area contributed by atoms with Gasteiger partial charge in [-0.05, 0) is 6.92 Å². The van der Waals surface area contributed by atoms with Gasteiger partial charge in [-0.25, -0.2) is 4.98 Å². The first-order valence-corrected chi connectivity index (χ1v) is 5.35. The first-order chi connectivity index (χ1) is 6.63. The predicted molar refractivity (Wildman–Crippen MR) is 55.4 cm³/mol. The average molecular weight is 235 g/mol. The molecule has 0 aliphatic carbocycles. The fraction of sp³-hybridized carbons (Fsp3) is 0.500. The number of hydrogen-bond donors (Lipinski definition) is 1. The zero-order valence-corrected chi connectivity index (χ0v) is 9.27. The Morgan fingerprint density at radius 3 is 3.07 bits per heavy atom. The third-order valence-electron chi connectivity index (χ3n) is 1.51. The van der Waals surface area contributed by atoms with Crippen molar-refractivity contribution in [3.05, 3.63) is 15.5 Å². The third kappa shape index (κ3) is 3.25. The van der Waals surface area contributed by atoms with E-state index in [1.165, 1.54) is 11.3 Å². The Labute approximate surface area is 91.0 Å². The number of ether oxygens (including phenoxy) is 1. The molecule has 14 heavy (non-hydrogen) atoms. The number of halogens is 1. The highest BCUT2D eigenvalue weighted by Gasteiger charge is 2.16. The normalized spacial score (nSPS) is 12.5. The highest BCUT2D eigenvalue weighted by atomic mass is 35.5. The number of nitrogens with two attached hydrogens (primary N) is 1. The highest BCUT2D eigenvalue weighted by molar-refractivity contribution is 7.15. The molecule has 1 unspecified atom stereocenters. The molecule has 0 aliphatic heterocycles. The fourth-order valence-electron chi connectivity index (χ4n) is 0.903. The molecule has 1 aromatic rings. The van der Waals surface area contributed by atoms with Crippen LogP contribution in [0, 0.1) is 0 Å². The molecule has 4 nitrogen and oxygen atoms in total. The molecule has 1 heterocycles. The summed E-state index contributed by atoms with van der Waals surface area (Å²) in [6.45, 7) is 2.08. The fourth-order valence-corrected chi connectivity index (χ4v) is 1.92. The van der Waals surface area contributed by atoms with E-state index in [4.69, 9.17) is 22.1 Å². The van der Waals surface area contributed by atoms with E-state index in [9.17, 15) is 4.79 Å². The van der Waals surface area contributed by atoms with Gasteiger partial charge in [-0.1, -0.05) is 11.6 Å². The Morgan fingerprint density at radius 1 is 1.86 bits per heavy atom. The minimum Gasteiger partial charge on any atom is -0.465 e. The van der Waals surface area contributed by atoms with Crippen molar-refractivity contribution in [1.82, 2.24) is 4.98 Å². The maximum absolute atomic E-state index is 11.2. The number of nitrogens with zero attached hydrogens (tertiary/aromatic N) is 1. The van der Waals surface area contributed by atoms with E-state index in [-0.39, 0.29) is 0 Å². The summed E-state index contributed by atoms with van der Waals surface area (Å²) in [6, 6.07) is -0.655. The molecule has 1 rings (SSSR count). The van der Waals surface area contributed by atoms with Gasteiger partial charge < -0.3 is 10.5 Å². The quantitative estimate of drug-likeness (QED) is 0.796. The Bertz CT molecular complexity index is 316. The number of carbonyl (C=O) groups excluding carboxylic acids is 1. The number of rotatable bonds is 4. The van der Waals surface area contributed by atoms with E-state index in [1.807, 2.05) is 0 Å². The van der Waals surface area contributed by atoms with Crippen LogP contribution in [-0.2, 0) is 16.0 Å². The lowest BCUT2D eigenvalue weighted by Gasteiger charge is -2.07. The lowest BCUT2D eigenvalue weighted by atomic mass is 10.2. The second kappa shape index (κ2) is 5.29. The van der Waals surface area contributed by atoms with Crippen LogP contribution in [0.4, 0.5) is 0 Å². The van der Waals surface area contributed by atoms with Gasteiger partial charge in [0, 0.05) is 6.42 Å². The largest absolute Gasteiger partial charge is 0.465 e. The maximum Gasteiger partial charge on any atom is 0.323 e. The first-order valence-electron chi connectivity index (χ1n) is 4.16. The number of carbonyl (C=O) groups is 1. The van der Waals surface area contributed by atoms with Crippen molar-refractivity contribution in [3.8, 4) is 0 Å². The van der Waals surface area contributed by atoms with E-state index in [0.29, 0.717) is 17.4 Å². The Balaban J connectivity index is 2.48. The molecular weight excluding hydrogens is 224 g/mol. The van der Waals surface area contributed by atoms with Crippen LogP contribution in [0.25, 0.3) is 0 Å². The smallest absolute Gasteiger partial charge is 0.323 e. The highest BCUT2D eigenvalue weighted by Crippen LogP contribution is 2.19. The van der Waals surface area contributed by atoms with Crippen LogP contribution in [-0.4, -0.2) is 23.6 Å². The van der Waals surface area contributed by atoms with Gasteiger partial charge in [0.2, 0.25) is 0 Å². The summed E-state index contributed by atoms with van der Waals surface area (Å²) < 4.78 is 5.36. The van der Waals surface area contributed by atoms with Gasteiger partial charge in [0.05, 0.1) is 17.8 Å². The molecule has 0 aliphatic rings. The van der Waals surface area contributed by atoms with Crippen LogP contribution < -0.4 is 5.73 Å². The zero-order chi connectivity index (χ0) is 10.6. The van der Waals surface area contributed by atoms with Crippen LogP contribution in [0.15, 0.2) is 6.20 Å². The van der Waals surface area contributed by atoms with Crippen molar-refractivity contribution in [2.45, 2.75) is 19.4 Å². The second-order valence-corrected chi connectivity index (χ2v) is 4.37. The van der Waals surface area contributed by atoms with E-state index < -0.39 is 12.0 Å². The van der Waals surface area contributed by atoms with Crippen LogP contribution in [0.2, 0.25) is 4.34 Å². The zero-order valence-electron chi connectivity index (χ0n) is 7.70. The molecule has 2 N–H and O–H groups in total. The molecule has 0 saturated carbocycles. The van der Waals surface area contributed by atoms with E-state index in [0.717, 1.165) is 5.01 Å². The Hall–Kier alpha value is -0.650. The molecule has 0 amide bonds. The summed E-state index contributed by atoms with van der Waals surface area (Å²) in [7, 11) is 0. The van der Waals surface area contributed by atoms with Crippen molar-refractivity contribution in [2.75, 3.05) is 6.61 Å². The summed E-state index contributed by atoms with van der Waals surface area (Å²) in [5.41, 5.74) is 5.59. The predicted octanol–water partition coefficient (Wildman–Crippen LogP) is 1.23. The number of esters is 1. The molecule has 0 aromatic carbocycles. The van der Waals surface area contributed by atoms with Gasteiger partial charge in [-0.2, -0.15) is 0 Å². The molecule has 1 atom stereocenters. The van der Waals surface area contributed by atoms with Gasteiger partial charge in [-0.15, -0.1) is 11.3 Å². The summed E-state index contributed by atoms with van der Waals surface area (Å²) in [5, 5.41) is 0.746. The first kappa shape index (κ1) is 11.4. The Morgan fingerprint density at radius 2 is 2.57 bits per heavy atom. The molecule has 0 fully saturated rings. The van der Waals surface area contributed by atoms with E-state index in [1.54, 1.807) is 13.1 Å². The van der Waals surface area contributed by atoms with Crippen molar-refractivity contribution in [1.29, 1.82) is 0 Å². The molecule has 0 saturated heterocycles. The Kier molecular flexibility index (Phi) is 4.31. The maximum atomic E-state index is 11.2. The number of hydrogen-bond acceptors (Lipinski definition) is 5. The van der Waals surface area contributed by atoms with Gasteiger partial charge in [-0.3, -0.25) is 4.79 Å². The van der Waals surface area contributed by atoms with Gasteiger partial charge in [0.1, 0.15) is 10.4 Å². The SMILES string of the molecule is CCOC(=O)C(N)Cc1ncc(Cl)s1. The number of thiazole rings is 1. The third-order valence-corrected chi connectivity index (χ3v) is 2.65. The van der Waals surface area contributed by atoms with Crippen LogP contribution in [0.1, 0.15) is 11.9 Å². The monoisotopic (exact) mass is 234 g/mol. The molecule has 0 spiro atoms. The minimum absolute atomic E-state index is 0.338. The van der Waals surface area contributed by atoms with E-state index >= 15 is 0 Å². The molecule has 1 aromatic heterocycles. The molecule has 0 bridgehead atoms. The second-order valence-electron chi connectivity index (χ2n) is 2.62. The average Bonchev–Trinajstić information content (AvgIpc) is 2.51. The van der Waals surface area contributed by atoms with Gasteiger partial charge in [0.25, 0.3) is 0 Å². The van der Waals surface area contributed by atoms with Gasteiger partial charge >= 0.3 is 5.97 Å². The van der Waals surface area contributed by atoms with E-state index in [2.05, 4.69) is 4.98 Å². The van der Waals surface area contributed by atoms with Crippen molar-refractivity contribution >= 4 is 28.9 Å². The van der Waals surface area contributed by atoms with Gasteiger partial charge in [0.15, 0.2) is 0 Å². The summed E-state index contributed by atoms with van der Waals surface area (Å²) in [5.74, 6) is -0.404. The standard InChI is InChI=1S/C8H11ClN2O2S/c1-2-13-8(12)5(10)3-7-11-4-6(9)14-7/h4-5H,2-3,10H2,1H3.